The van der Waals surface area contributed by atoms with Gasteiger partial charge < -0.3 is 19.9 Å². The molecule has 1 fully saturated rings. The maximum absolute atomic E-state index is 14.0. The summed E-state index contributed by atoms with van der Waals surface area (Å²) in [7, 11) is 3.08. The predicted octanol–water partition coefficient (Wildman–Crippen LogP) is 3.24. The summed E-state index contributed by atoms with van der Waals surface area (Å²) in [6.07, 6.45) is 3.92. The maximum Gasteiger partial charge on any atom is 0.255 e. The van der Waals surface area contributed by atoms with E-state index in [1.54, 1.807) is 38.3 Å². The van der Waals surface area contributed by atoms with Crippen LogP contribution in [0.2, 0.25) is 0 Å². The Labute approximate surface area is 193 Å². The second kappa shape index (κ2) is 10.0. The van der Waals surface area contributed by atoms with Gasteiger partial charge in [-0.15, -0.1) is 0 Å². The Morgan fingerprint density at radius 1 is 1.24 bits per heavy atom. The lowest BCUT2D eigenvalue weighted by Crippen LogP contribution is -2.24. The highest BCUT2D eigenvalue weighted by Crippen LogP contribution is 2.33. The Balaban J connectivity index is 1.60. The first-order chi connectivity index (χ1) is 16.0. The van der Waals surface area contributed by atoms with Crippen molar-refractivity contribution >= 4 is 13.8 Å². The average molecular weight is 448 g/mol. The third-order valence-electron chi connectivity index (χ3n) is 5.63. The van der Waals surface area contributed by atoms with E-state index in [-0.39, 0.29) is 18.2 Å². The van der Waals surface area contributed by atoms with Crippen LogP contribution in [0, 0.1) is 11.7 Å². The number of hydrogen-bond acceptors (Lipinski definition) is 5. The molecular weight excluding hydrogens is 422 g/mol. The first-order valence-corrected chi connectivity index (χ1v) is 11.0. The van der Waals surface area contributed by atoms with Crippen LogP contribution in [0.5, 0.6) is 11.5 Å². The van der Waals surface area contributed by atoms with Crippen LogP contribution in [-0.4, -0.2) is 37.6 Å². The van der Waals surface area contributed by atoms with Gasteiger partial charge >= 0.3 is 0 Å². The number of methoxy groups -OCH3 is 1. The van der Waals surface area contributed by atoms with Crippen molar-refractivity contribution in [3.8, 4) is 22.8 Å². The molecule has 0 aliphatic heterocycles. The van der Waals surface area contributed by atoms with Gasteiger partial charge in [0.15, 0.2) is 11.6 Å². The number of aliphatic hydroxyl groups excluding tert-OH is 1. The molecule has 1 unspecified atom stereocenters. The molecule has 0 spiro atoms. The second-order valence-corrected chi connectivity index (χ2v) is 8.23. The molecule has 0 radical (unpaired) electrons. The van der Waals surface area contributed by atoms with E-state index in [0.29, 0.717) is 46.2 Å². The van der Waals surface area contributed by atoms with Gasteiger partial charge in [-0.05, 0) is 66.3 Å². The fourth-order valence-electron chi connectivity index (χ4n) is 3.57. The number of carbonyl (C=O) groups is 1. The highest BCUT2D eigenvalue weighted by Gasteiger charge is 2.24. The molecule has 8 heteroatoms. The van der Waals surface area contributed by atoms with Gasteiger partial charge in [-0.3, -0.25) is 9.78 Å². The molecule has 1 saturated carbocycles. The number of carbonyl (C=O) groups excluding carboxylic acids is 1. The number of nitrogens with one attached hydrogen (secondary N) is 1. The summed E-state index contributed by atoms with van der Waals surface area (Å²) in [6, 6.07) is 12.8. The molecule has 0 bridgehead atoms. The van der Waals surface area contributed by atoms with E-state index in [4.69, 9.17) is 9.47 Å². The first-order valence-electron chi connectivity index (χ1n) is 11.0. The smallest absolute Gasteiger partial charge is 0.255 e. The number of halogens is 1. The summed E-state index contributed by atoms with van der Waals surface area (Å²) in [5.41, 5.74) is 2.95. The van der Waals surface area contributed by atoms with Crippen molar-refractivity contribution < 1.29 is 23.8 Å². The average Bonchev–Trinajstić information content (AvgIpc) is 3.66. The van der Waals surface area contributed by atoms with E-state index in [0.717, 1.165) is 12.8 Å². The highest BCUT2D eigenvalue weighted by molar-refractivity contribution is 6.11. The number of aromatic nitrogens is 1. The van der Waals surface area contributed by atoms with Gasteiger partial charge in [0, 0.05) is 24.3 Å². The van der Waals surface area contributed by atoms with Crippen molar-refractivity contribution in [2.24, 2.45) is 5.92 Å². The Morgan fingerprint density at radius 2 is 2.03 bits per heavy atom. The standard InChI is InChI=1S/C25H26BFN2O4/c1-32-22-8-6-16(11-20(22)27)13-29-25(31)19-12-17(7-9-21(19)33-14-15-4-5-15)23-18(24(26)30)3-2-10-28-23/h2-3,6-12,15,24,30H,4-5,13-14,26H2,1H3,(H,29,31). The van der Waals surface area contributed by atoms with Gasteiger partial charge in [0.05, 0.1) is 25.0 Å². The second-order valence-electron chi connectivity index (χ2n) is 8.23. The molecular formula is C25H26BFN2O4. The molecule has 1 heterocycles. The van der Waals surface area contributed by atoms with Crippen LogP contribution in [0.15, 0.2) is 54.7 Å². The quantitative estimate of drug-likeness (QED) is 0.492. The topological polar surface area (TPSA) is 80.7 Å². The van der Waals surface area contributed by atoms with Gasteiger partial charge in [-0.2, -0.15) is 0 Å². The molecule has 170 valence electrons. The summed E-state index contributed by atoms with van der Waals surface area (Å²) < 4.78 is 24.9. The van der Waals surface area contributed by atoms with E-state index in [9.17, 15) is 14.3 Å². The maximum atomic E-state index is 14.0. The van der Waals surface area contributed by atoms with E-state index >= 15 is 0 Å². The Morgan fingerprint density at radius 3 is 2.73 bits per heavy atom. The number of aliphatic hydroxyl groups is 1. The van der Waals surface area contributed by atoms with Crippen molar-refractivity contribution in [1.82, 2.24) is 10.3 Å². The third kappa shape index (κ3) is 5.52. The molecule has 1 atom stereocenters. The molecule has 2 N–H and O–H groups in total. The van der Waals surface area contributed by atoms with Crippen LogP contribution in [0.25, 0.3) is 11.3 Å². The third-order valence-corrected chi connectivity index (χ3v) is 5.63. The van der Waals surface area contributed by atoms with Crippen LogP contribution in [0.4, 0.5) is 4.39 Å². The largest absolute Gasteiger partial charge is 0.494 e. The molecule has 33 heavy (non-hydrogen) atoms. The van der Waals surface area contributed by atoms with Crippen molar-refractivity contribution in [3.05, 3.63) is 77.2 Å². The van der Waals surface area contributed by atoms with Crippen molar-refractivity contribution in [2.45, 2.75) is 25.4 Å². The summed E-state index contributed by atoms with van der Waals surface area (Å²) in [5, 5.41) is 13.0. The lowest BCUT2D eigenvalue weighted by Gasteiger charge is -2.15. The molecule has 1 aliphatic rings. The zero-order valence-corrected chi connectivity index (χ0v) is 18.7. The molecule has 1 amide bonds. The van der Waals surface area contributed by atoms with Crippen molar-refractivity contribution in [3.63, 3.8) is 0 Å². The number of hydrogen-bond donors (Lipinski definition) is 2. The van der Waals surface area contributed by atoms with Gasteiger partial charge in [0.2, 0.25) is 0 Å². The van der Waals surface area contributed by atoms with Crippen LogP contribution >= 0.6 is 0 Å². The summed E-state index contributed by atoms with van der Waals surface area (Å²) in [4.78, 5) is 17.5. The minimum absolute atomic E-state index is 0.147. The van der Waals surface area contributed by atoms with Crippen LogP contribution in [0.1, 0.15) is 40.3 Å². The number of benzene rings is 2. The fraction of sp³-hybridized carbons (Fsp3) is 0.280. The summed E-state index contributed by atoms with van der Waals surface area (Å²) in [6.45, 7) is 0.709. The molecule has 1 aliphatic carbocycles. The van der Waals surface area contributed by atoms with Crippen LogP contribution < -0.4 is 14.8 Å². The lowest BCUT2D eigenvalue weighted by molar-refractivity contribution is 0.0946. The van der Waals surface area contributed by atoms with Gasteiger partial charge in [-0.1, -0.05) is 12.1 Å². The highest BCUT2D eigenvalue weighted by atomic mass is 19.1. The number of ether oxygens (including phenoxy) is 2. The molecule has 0 saturated heterocycles. The SMILES string of the molecule is BC(O)c1cccnc1-c1ccc(OCC2CC2)c(C(=O)NCc2ccc(OC)c(F)c2)c1. The zero-order valence-electron chi connectivity index (χ0n) is 18.7. The van der Waals surface area contributed by atoms with Crippen molar-refractivity contribution in [2.75, 3.05) is 13.7 Å². The number of pyridine rings is 1. The Hall–Kier alpha value is -3.39. The Bertz CT molecular complexity index is 1150. The number of rotatable bonds is 9. The predicted molar refractivity (Wildman–Crippen MR) is 126 cm³/mol. The molecule has 4 rings (SSSR count). The van der Waals surface area contributed by atoms with Crippen LogP contribution in [0.3, 0.4) is 0 Å². The van der Waals surface area contributed by atoms with E-state index in [1.807, 2.05) is 12.1 Å². The molecule has 3 aromatic rings. The van der Waals surface area contributed by atoms with Gasteiger partial charge in [0.25, 0.3) is 5.91 Å². The first kappa shape index (κ1) is 22.8. The molecule has 6 nitrogen and oxygen atoms in total. The van der Waals surface area contributed by atoms with Gasteiger partial charge in [0.1, 0.15) is 13.6 Å². The van der Waals surface area contributed by atoms with E-state index < -0.39 is 11.8 Å². The van der Waals surface area contributed by atoms with E-state index in [1.165, 1.54) is 19.2 Å². The minimum atomic E-state index is -0.707. The van der Waals surface area contributed by atoms with Gasteiger partial charge in [-0.25, -0.2) is 4.39 Å². The van der Waals surface area contributed by atoms with Crippen LogP contribution in [-0.2, 0) is 6.54 Å². The summed E-state index contributed by atoms with van der Waals surface area (Å²) in [5.74, 6) is 0.339. The molecule has 1 aromatic heterocycles. The van der Waals surface area contributed by atoms with E-state index in [2.05, 4.69) is 10.3 Å². The number of amides is 1. The lowest BCUT2D eigenvalue weighted by atomic mass is 9.89. The summed E-state index contributed by atoms with van der Waals surface area (Å²) >= 11 is 0. The Kier molecular flexibility index (Phi) is 6.94. The number of nitrogens with zero attached hydrogens (tertiary/aromatic N) is 1. The fourth-order valence-corrected chi connectivity index (χ4v) is 3.57. The van der Waals surface area contributed by atoms with Crippen molar-refractivity contribution in [1.29, 1.82) is 0 Å². The zero-order chi connectivity index (χ0) is 23.4. The monoisotopic (exact) mass is 448 g/mol. The minimum Gasteiger partial charge on any atom is -0.494 e. The normalized spacial score (nSPS) is 13.9. The molecule has 2 aromatic carbocycles.